The number of rotatable bonds is 5. The number of aromatic nitrogens is 2. The molecule has 1 aromatic carbocycles. The van der Waals surface area contributed by atoms with Crippen LogP contribution in [0.25, 0.3) is 10.6 Å². The van der Waals surface area contributed by atoms with Crippen molar-refractivity contribution >= 4 is 33.7 Å². The van der Waals surface area contributed by atoms with Gasteiger partial charge in [-0.1, -0.05) is 17.4 Å². The molecule has 0 atom stereocenters. The van der Waals surface area contributed by atoms with Crippen molar-refractivity contribution in [2.45, 2.75) is 6.92 Å². The number of hydrogen-bond acceptors (Lipinski definition) is 6. The first-order valence-corrected chi connectivity index (χ1v) is 8.37. The number of thiophene rings is 1. The Kier molecular flexibility index (Phi) is 4.45. The Balaban J connectivity index is 1.72. The summed E-state index contributed by atoms with van der Waals surface area (Å²) in [6.45, 7) is 2.58. The van der Waals surface area contributed by atoms with Gasteiger partial charge in [-0.2, -0.15) is 0 Å². The van der Waals surface area contributed by atoms with Gasteiger partial charge in [-0.25, -0.2) is 0 Å². The van der Waals surface area contributed by atoms with Gasteiger partial charge in [0.2, 0.25) is 5.13 Å². The number of amides is 1. The summed E-state index contributed by atoms with van der Waals surface area (Å²) >= 11 is 2.73. The van der Waals surface area contributed by atoms with Crippen LogP contribution in [-0.4, -0.2) is 22.7 Å². The molecule has 0 spiro atoms. The molecule has 0 saturated heterocycles. The average molecular weight is 331 g/mol. The topological polar surface area (TPSA) is 64.1 Å². The molecule has 0 radical (unpaired) electrons. The predicted octanol–water partition coefficient (Wildman–Crippen LogP) is 3.92. The monoisotopic (exact) mass is 331 g/mol. The maximum atomic E-state index is 12.0. The zero-order valence-electron chi connectivity index (χ0n) is 11.8. The number of nitrogens with zero attached hydrogens (tertiary/aromatic N) is 2. The number of ether oxygens (including phenoxy) is 1. The zero-order chi connectivity index (χ0) is 15.4. The summed E-state index contributed by atoms with van der Waals surface area (Å²) in [7, 11) is 0. The molecule has 0 fully saturated rings. The fraction of sp³-hybridized carbons (Fsp3) is 0.133. The summed E-state index contributed by atoms with van der Waals surface area (Å²) in [5.74, 6) is 0.659. The van der Waals surface area contributed by atoms with E-state index in [9.17, 15) is 4.79 Å². The summed E-state index contributed by atoms with van der Waals surface area (Å²) in [6.07, 6.45) is 0. The third-order valence-electron chi connectivity index (χ3n) is 2.80. The first-order chi connectivity index (χ1) is 10.8. The van der Waals surface area contributed by atoms with Crippen LogP contribution in [0.3, 0.4) is 0 Å². The van der Waals surface area contributed by atoms with Crippen LogP contribution < -0.4 is 10.1 Å². The highest BCUT2D eigenvalue weighted by atomic mass is 32.1. The predicted molar refractivity (Wildman–Crippen MR) is 88.8 cm³/mol. The van der Waals surface area contributed by atoms with E-state index in [1.807, 2.05) is 42.6 Å². The molecule has 0 aliphatic heterocycles. The van der Waals surface area contributed by atoms with E-state index < -0.39 is 0 Å². The number of carbonyl (C=O) groups excluding carboxylic acids is 1. The Labute approximate surface area is 135 Å². The maximum Gasteiger partial charge on any atom is 0.267 e. The molecule has 3 aromatic rings. The van der Waals surface area contributed by atoms with Crippen LogP contribution >= 0.6 is 22.7 Å². The van der Waals surface area contributed by atoms with Gasteiger partial charge < -0.3 is 4.74 Å². The summed E-state index contributed by atoms with van der Waals surface area (Å²) in [5.41, 5.74) is 0.942. The lowest BCUT2D eigenvalue weighted by atomic mass is 10.2. The minimum absolute atomic E-state index is 0.163. The summed E-state index contributed by atoms with van der Waals surface area (Å²) in [4.78, 5) is 12.6. The van der Waals surface area contributed by atoms with Gasteiger partial charge in [0.1, 0.15) is 10.8 Å². The van der Waals surface area contributed by atoms with Crippen molar-refractivity contribution < 1.29 is 9.53 Å². The zero-order valence-corrected chi connectivity index (χ0v) is 13.4. The van der Waals surface area contributed by atoms with Crippen LogP contribution in [-0.2, 0) is 0 Å². The van der Waals surface area contributed by atoms with Crippen LogP contribution in [0.1, 0.15) is 16.6 Å². The van der Waals surface area contributed by atoms with Crippen LogP contribution in [0.15, 0.2) is 41.8 Å². The van der Waals surface area contributed by atoms with E-state index >= 15 is 0 Å². The average Bonchev–Trinajstić information content (AvgIpc) is 3.19. The van der Waals surface area contributed by atoms with Crippen LogP contribution in [0.4, 0.5) is 5.13 Å². The van der Waals surface area contributed by atoms with Crippen LogP contribution in [0.5, 0.6) is 5.75 Å². The lowest BCUT2D eigenvalue weighted by Gasteiger charge is -2.02. The van der Waals surface area contributed by atoms with Crippen molar-refractivity contribution in [2.75, 3.05) is 11.9 Å². The molecule has 2 heterocycles. The highest BCUT2D eigenvalue weighted by molar-refractivity contribution is 7.18. The molecule has 22 heavy (non-hydrogen) atoms. The fourth-order valence-electron chi connectivity index (χ4n) is 1.82. The SMILES string of the molecule is CCOc1ccc(-c2nnc(NC(=O)c3cccs3)s2)cc1. The second kappa shape index (κ2) is 6.67. The molecule has 0 aliphatic carbocycles. The second-order valence-corrected chi connectivity index (χ2v) is 6.23. The first-order valence-electron chi connectivity index (χ1n) is 6.68. The number of carbonyl (C=O) groups is 1. The minimum atomic E-state index is -0.163. The Hall–Kier alpha value is -2.25. The first kappa shape index (κ1) is 14.7. The van der Waals surface area contributed by atoms with Gasteiger partial charge in [0, 0.05) is 5.56 Å². The molecule has 7 heteroatoms. The number of anilines is 1. The van der Waals surface area contributed by atoms with Gasteiger partial charge >= 0.3 is 0 Å². The van der Waals surface area contributed by atoms with E-state index in [1.54, 1.807) is 6.07 Å². The quantitative estimate of drug-likeness (QED) is 0.769. The van der Waals surface area contributed by atoms with Crippen molar-refractivity contribution in [3.63, 3.8) is 0 Å². The van der Waals surface area contributed by atoms with E-state index in [1.165, 1.54) is 22.7 Å². The normalized spacial score (nSPS) is 10.4. The molecule has 0 unspecified atom stereocenters. The Morgan fingerprint density at radius 3 is 2.73 bits per heavy atom. The van der Waals surface area contributed by atoms with Gasteiger partial charge in [0.25, 0.3) is 5.91 Å². The van der Waals surface area contributed by atoms with E-state index in [0.29, 0.717) is 16.6 Å². The lowest BCUT2D eigenvalue weighted by molar-refractivity contribution is 0.103. The van der Waals surface area contributed by atoms with Gasteiger partial charge in [-0.3, -0.25) is 10.1 Å². The van der Waals surface area contributed by atoms with Gasteiger partial charge in [0.15, 0.2) is 0 Å². The molecule has 1 amide bonds. The molecule has 2 aromatic heterocycles. The molecular weight excluding hydrogens is 318 g/mol. The Morgan fingerprint density at radius 1 is 1.23 bits per heavy atom. The molecule has 0 aliphatic rings. The van der Waals surface area contributed by atoms with Crippen molar-refractivity contribution in [3.8, 4) is 16.3 Å². The smallest absolute Gasteiger partial charge is 0.267 e. The van der Waals surface area contributed by atoms with Crippen LogP contribution in [0, 0.1) is 0 Å². The van der Waals surface area contributed by atoms with Crippen LogP contribution in [0.2, 0.25) is 0 Å². The summed E-state index contributed by atoms with van der Waals surface area (Å²) in [5, 5.41) is 14.0. The van der Waals surface area contributed by atoms with Crippen molar-refractivity contribution in [2.24, 2.45) is 0 Å². The highest BCUT2D eigenvalue weighted by Gasteiger charge is 2.11. The molecular formula is C15H13N3O2S2. The minimum Gasteiger partial charge on any atom is -0.494 e. The van der Waals surface area contributed by atoms with E-state index in [0.717, 1.165) is 16.3 Å². The molecule has 3 rings (SSSR count). The molecule has 0 bridgehead atoms. The molecule has 112 valence electrons. The van der Waals surface area contributed by atoms with Gasteiger partial charge in [-0.15, -0.1) is 21.5 Å². The maximum absolute atomic E-state index is 12.0. The number of benzene rings is 1. The van der Waals surface area contributed by atoms with E-state index in [2.05, 4.69) is 15.5 Å². The number of nitrogens with one attached hydrogen (secondary N) is 1. The second-order valence-electron chi connectivity index (χ2n) is 4.30. The largest absolute Gasteiger partial charge is 0.494 e. The fourth-order valence-corrected chi connectivity index (χ4v) is 3.18. The van der Waals surface area contributed by atoms with E-state index in [4.69, 9.17) is 4.74 Å². The third kappa shape index (κ3) is 3.32. The van der Waals surface area contributed by atoms with Crippen molar-refractivity contribution in [1.82, 2.24) is 10.2 Å². The van der Waals surface area contributed by atoms with Crippen molar-refractivity contribution in [1.29, 1.82) is 0 Å². The van der Waals surface area contributed by atoms with Crippen molar-refractivity contribution in [3.05, 3.63) is 46.7 Å². The number of hydrogen-bond donors (Lipinski definition) is 1. The molecule has 5 nitrogen and oxygen atoms in total. The standard InChI is InChI=1S/C15H13N3O2S2/c1-2-20-11-7-5-10(6-8-11)14-17-18-15(22-14)16-13(19)12-4-3-9-21-12/h3-9H,2H2,1H3,(H,16,18,19). The van der Waals surface area contributed by atoms with Gasteiger partial charge in [-0.05, 0) is 42.6 Å². The lowest BCUT2D eigenvalue weighted by Crippen LogP contribution is -2.09. The Bertz CT molecular complexity index is 751. The molecule has 0 saturated carbocycles. The van der Waals surface area contributed by atoms with Gasteiger partial charge in [0.05, 0.1) is 11.5 Å². The van der Waals surface area contributed by atoms with E-state index in [-0.39, 0.29) is 5.91 Å². The highest BCUT2D eigenvalue weighted by Crippen LogP contribution is 2.28. The Morgan fingerprint density at radius 2 is 2.05 bits per heavy atom. The third-order valence-corrected chi connectivity index (χ3v) is 4.56. The molecule has 1 N–H and O–H groups in total. The summed E-state index contributed by atoms with van der Waals surface area (Å²) < 4.78 is 5.41. The summed E-state index contributed by atoms with van der Waals surface area (Å²) in [6, 6.07) is 11.3.